The Morgan fingerprint density at radius 1 is 1.07 bits per heavy atom. The van der Waals surface area contributed by atoms with E-state index in [-0.39, 0.29) is 5.78 Å². The second kappa shape index (κ2) is 8.84. The zero-order chi connectivity index (χ0) is 20.2. The van der Waals surface area contributed by atoms with E-state index in [1.807, 2.05) is 36.5 Å². The Bertz CT molecular complexity index is 1000. The quantitative estimate of drug-likeness (QED) is 0.597. The Morgan fingerprint density at radius 3 is 2.76 bits per heavy atom. The Hall–Kier alpha value is -2.57. The number of hydrogen-bond donors (Lipinski definition) is 0. The van der Waals surface area contributed by atoms with Gasteiger partial charge < -0.3 is 4.90 Å². The van der Waals surface area contributed by atoms with Gasteiger partial charge in [0, 0.05) is 55.1 Å². The van der Waals surface area contributed by atoms with Crippen LogP contribution in [0.15, 0.2) is 48.0 Å². The monoisotopic (exact) mass is 406 g/mol. The molecule has 0 atom stereocenters. The molecular weight excluding hydrogens is 380 g/mol. The van der Waals surface area contributed by atoms with Crippen LogP contribution in [0, 0.1) is 13.8 Å². The predicted molar refractivity (Wildman–Crippen MR) is 118 cm³/mol. The van der Waals surface area contributed by atoms with E-state index in [2.05, 4.69) is 33.2 Å². The zero-order valence-electron chi connectivity index (χ0n) is 17.0. The normalized spacial score (nSPS) is 15.3. The predicted octanol–water partition coefficient (Wildman–Crippen LogP) is 4.10. The Balaban J connectivity index is 1.46. The maximum Gasteiger partial charge on any atom is 0.213 e. The van der Waals surface area contributed by atoms with Gasteiger partial charge in [-0.2, -0.15) is 0 Å². The van der Waals surface area contributed by atoms with Crippen LogP contribution in [0.1, 0.15) is 38.6 Å². The van der Waals surface area contributed by atoms with Crippen LogP contribution in [0.2, 0.25) is 0 Å². The van der Waals surface area contributed by atoms with E-state index in [0.717, 1.165) is 50.7 Å². The van der Waals surface area contributed by atoms with Crippen molar-refractivity contribution in [3.63, 3.8) is 0 Å². The van der Waals surface area contributed by atoms with E-state index >= 15 is 0 Å². The third-order valence-corrected chi connectivity index (χ3v) is 6.47. The fraction of sp³-hybridized carbons (Fsp3) is 0.348. The fourth-order valence-electron chi connectivity index (χ4n) is 3.72. The molecule has 0 bridgehead atoms. The lowest BCUT2D eigenvalue weighted by Gasteiger charge is -2.23. The van der Waals surface area contributed by atoms with Gasteiger partial charge in [0.05, 0.1) is 0 Å². The Morgan fingerprint density at radius 2 is 1.97 bits per heavy atom. The van der Waals surface area contributed by atoms with Crippen molar-refractivity contribution in [3.05, 3.63) is 75.4 Å². The van der Waals surface area contributed by atoms with Crippen molar-refractivity contribution in [2.24, 2.45) is 0 Å². The summed E-state index contributed by atoms with van der Waals surface area (Å²) in [7, 11) is 0. The molecule has 4 heterocycles. The summed E-state index contributed by atoms with van der Waals surface area (Å²) < 4.78 is 0. The van der Waals surface area contributed by atoms with E-state index < -0.39 is 0 Å². The van der Waals surface area contributed by atoms with E-state index in [9.17, 15) is 4.79 Å². The summed E-state index contributed by atoms with van der Waals surface area (Å²) >= 11 is 1.84. The number of ketones is 1. The van der Waals surface area contributed by atoms with Crippen molar-refractivity contribution in [2.75, 3.05) is 31.1 Å². The number of nitrogens with zero attached hydrogens (tertiary/aromatic N) is 4. The highest BCUT2D eigenvalue weighted by Gasteiger charge is 2.19. The number of rotatable bonds is 5. The summed E-state index contributed by atoms with van der Waals surface area (Å²) in [5, 5.41) is 2.17. The minimum absolute atomic E-state index is 0.0675. The third-order valence-electron chi connectivity index (χ3n) is 5.47. The van der Waals surface area contributed by atoms with Gasteiger partial charge in [-0.25, -0.2) is 4.98 Å². The second-order valence-electron chi connectivity index (χ2n) is 7.49. The van der Waals surface area contributed by atoms with Gasteiger partial charge in [0.1, 0.15) is 11.5 Å². The van der Waals surface area contributed by atoms with Crippen LogP contribution in [0.25, 0.3) is 0 Å². The molecule has 29 heavy (non-hydrogen) atoms. The number of aryl methyl sites for hydroxylation is 2. The molecule has 6 heteroatoms. The number of thiophene rings is 1. The van der Waals surface area contributed by atoms with Crippen LogP contribution in [-0.4, -0.2) is 46.8 Å². The smallest absolute Gasteiger partial charge is 0.213 e. The number of hydrogen-bond acceptors (Lipinski definition) is 6. The molecule has 3 aromatic rings. The van der Waals surface area contributed by atoms with Gasteiger partial charge in [0.25, 0.3) is 0 Å². The maximum atomic E-state index is 12.9. The number of anilines is 1. The van der Waals surface area contributed by atoms with Crippen LogP contribution in [0.5, 0.6) is 0 Å². The van der Waals surface area contributed by atoms with Gasteiger partial charge in [-0.3, -0.25) is 14.7 Å². The van der Waals surface area contributed by atoms with Crippen molar-refractivity contribution >= 4 is 22.9 Å². The summed E-state index contributed by atoms with van der Waals surface area (Å²) in [6.45, 7) is 9.02. The van der Waals surface area contributed by atoms with Crippen molar-refractivity contribution in [1.29, 1.82) is 0 Å². The summed E-state index contributed by atoms with van der Waals surface area (Å²) in [5.41, 5.74) is 3.22. The number of carbonyl (C=O) groups is 1. The summed E-state index contributed by atoms with van der Waals surface area (Å²) in [6, 6.07) is 11.5. The molecule has 0 N–H and O–H groups in total. The van der Waals surface area contributed by atoms with E-state index in [4.69, 9.17) is 4.98 Å². The zero-order valence-corrected chi connectivity index (χ0v) is 17.8. The van der Waals surface area contributed by atoms with Crippen LogP contribution in [0.4, 0.5) is 5.82 Å². The van der Waals surface area contributed by atoms with Gasteiger partial charge in [-0.05, 0) is 61.5 Å². The number of aromatic nitrogens is 2. The van der Waals surface area contributed by atoms with E-state index in [1.54, 1.807) is 18.3 Å². The van der Waals surface area contributed by atoms with E-state index in [0.29, 0.717) is 11.3 Å². The van der Waals surface area contributed by atoms with Crippen molar-refractivity contribution in [3.8, 4) is 0 Å². The first kappa shape index (κ1) is 19.7. The first-order valence-electron chi connectivity index (χ1n) is 10.1. The van der Waals surface area contributed by atoms with Crippen LogP contribution in [0.3, 0.4) is 0 Å². The van der Waals surface area contributed by atoms with Crippen molar-refractivity contribution < 1.29 is 4.79 Å². The fourth-order valence-corrected chi connectivity index (χ4v) is 4.66. The molecule has 4 rings (SSSR count). The highest BCUT2D eigenvalue weighted by molar-refractivity contribution is 7.10. The SMILES string of the molecule is Cc1ccsc1CN1CCCN(c2cccc(C(=O)c3cccnc3C)n2)CC1. The van der Waals surface area contributed by atoms with Gasteiger partial charge in [-0.1, -0.05) is 6.07 Å². The number of carbonyl (C=O) groups excluding carboxylic acids is 1. The standard InChI is InChI=1S/C23H26N4OS/c1-17-9-15-29-21(17)16-26-11-5-12-27(14-13-26)22-8-3-7-20(25-22)23(28)19-6-4-10-24-18(19)2/h3-4,6-10,15H,5,11-14,16H2,1-2H3. The van der Waals surface area contributed by atoms with E-state index in [1.165, 1.54) is 10.4 Å². The highest BCUT2D eigenvalue weighted by atomic mass is 32.1. The van der Waals surface area contributed by atoms with Crippen molar-refractivity contribution in [2.45, 2.75) is 26.8 Å². The van der Waals surface area contributed by atoms with Crippen LogP contribution >= 0.6 is 11.3 Å². The molecule has 1 aliphatic rings. The van der Waals surface area contributed by atoms with Gasteiger partial charge >= 0.3 is 0 Å². The topological polar surface area (TPSA) is 49.3 Å². The minimum Gasteiger partial charge on any atom is -0.355 e. The molecule has 0 spiro atoms. The molecule has 0 unspecified atom stereocenters. The van der Waals surface area contributed by atoms with Gasteiger partial charge in [-0.15, -0.1) is 11.3 Å². The lowest BCUT2D eigenvalue weighted by atomic mass is 10.1. The van der Waals surface area contributed by atoms with Crippen LogP contribution < -0.4 is 4.90 Å². The molecule has 1 aliphatic heterocycles. The summed E-state index contributed by atoms with van der Waals surface area (Å²) in [5.74, 6) is 0.814. The summed E-state index contributed by atoms with van der Waals surface area (Å²) in [4.78, 5) is 28.1. The molecule has 5 nitrogen and oxygen atoms in total. The molecular formula is C23H26N4OS. The minimum atomic E-state index is -0.0675. The van der Waals surface area contributed by atoms with Gasteiger partial charge in [0.2, 0.25) is 5.78 Å². The van der Waals surface area contributed by atoms with Crippen molar-refractivity contribution in [1.82, 2.24) is 14.9 Å². The van der Waals surface area contributed by atoms with Gasteiger partial charge in [0.15, 0.2) is 0 Å². The molecule has 1 saturated heterocycles. The highest BCUT2D eigenvalue weighted by Crippen LogP contribution is 2.21. The molecule has 0 aromatic carbocycles. The average Bonchev–Trinajstić information content (AvgIpc) is 2.99. The summed E-state index contributed by atoms with van der Waals surface area (Å²) in [6.07, 6.45) is 2.79. The first-order chi connectivity index (χ1) is 14.1. The molecule has 0 saturated carbocycles. The molecule has 0 aliphatic carbocycles. The lowest BCUT2D eigenvalue weighted by molar-refractivity contribution is 0.103. The molecule has 3 aromatic heterocycles. The Kier molecular flexibility index (Phi) is 6.02. The molecule has 150 valence electrons. The number of pyridine rings is 2. The molecule has 0 radical (unpaired) electrons. The Labute approximate surface area is 176 Å². The second-order valence-corrected chi connectivity index (χ2v) is 8.49. The first-order valence-corrected chi connectivity index (χ1v) is 10.9. The molecule has 0 amide bonds. The third kappa shape index (κ3) is 4.54. The largest absolute Gasteiger partial charge is 0.355 e. The average molecular weight is 407 g/mol. The maximum absolute atomic E-state index is 12.9. The lowest BCUT2D eigenvalue weighted by Crippen LogP contribution is -2.31. The molecule has 1 fully saturated rings. The van der Waals surface area contributed by atoms with Crippen LogP contribution in [-0.2, 0) is 6.54 Å².